The lowest BCUT2D eigenvalue weighted by Gasteiger charge is -2.34. The lowest BCUT2D eigenvalue weighted by molar-refractivity contribution is -0.124. The molecule has 0 saturated heterocycles. The smallest absolute Gasteiger partial charge is 0.228 e. The van der Waals surface area contributed by atoms with Gasteiger partial charge in [0.25, 0.3) is 0 Å². The van der Waals surface area contributed by atoms with Gasteiger partial charge in [0, 0.05) is 24.5 Å². The molecule has 2 N–H and O–H groups in total. The van der Waals surface area contributed by atoms with Gasteiger partial charge < -0.3 is 15.5 Å². The van der Waals surface area contributed by atoms with Crippen molar-refractivity contribution in [3.63, 3.8) is 0 Å². The van der Waals surface area contributed by atoms with E-state index in [1.54, 1.807) is 0 Å². The Bertz CT molecular complexity index is 1050. The van der Waals surface area contributed by atoms with Crippen LogP contribution >= 0.6 is 0 Å². The van der Waals surface area contributed by atoms with Crippen LogP contribution in [-0.4, -0.2) is 30.9 Å². The summed E-state index contributed by atoms with van der Waals surface area (Å²) in [6, 6.07) is 27.1. The molecule has 4 nitrogen and oxygen atoms in total. The zero-order chi connectivity index (χ0) is 21.8. The van der Waals surface area contributed by atoms with Gasteiger partial charge in [0.1, 0.15) is 0 Å². The summed E-state index contributed by atoms with van der Waals surface area (Å²) in [5, 5.41) is 0. The molecule has 0 spiro atoms. The van der Waals surface area contributed by atoms with E-state index in [1.165, 1.54) is 16.8 Å². The van der Waals surface area contributed by atoms with Crippen molar-refractivity contribution in [1.82, 2.24) is 4.90 Å². The summed E-state index contributed by atoms with van der Waals surface area (Å²) in [7, 11) is 2.11. The first-order chi connectivity index (χ1) is 15.0. The van der Waals surface area contributed by atoms with Crippen molar-refractivity contribution in [2.75, 3.05) is 25.0 Å². The number of fused-ring (bicyclic) bond motifs is 2. The Balaban J connectivity index is 1.72. The van der Waals surface area contributed by atoms with E-state index < -0.39 is 5.41 Å². The molecule has 1 aliphatic rings. The van der Waals surface area contributed by atoms with E-state index in [-0.39, 0.29) is 5.91 Å². The van der Waals surface area contributed by atoms with Crippen LogP contribution in [0.15, 0.2) is 78.9 Å². The van der Waals surface area contributed by atoms with Crippen molar-refractivity contribution in [3.05, 3.63) is 95.6 Å². The highest BCUT2D eigenvalue weighted by Crippen LogP contribution is 2.45. The maximum atomic E-state index is 13.2. The van der Waals surface area contributed by atoms with E-state index in [2.05, 4.69) is 84.4 Å². The number of nitrogens with two attached hydrogens (primary N) is 1. The van der Waals surface area contributed by atoms with Crippen LogP contribution in [0, 0.1) is 0 Å². The van der Waals surface area contributed by atoms with Crippen molar-refractivity contribution < 1.29 is 4.79 Å². The molecular weight excluding hydrogens is 382 g/mol. The zero-order valence-corrected chi connectivity index (χ0v) is 18.4. The van der Waals surface area contributed by atoms with Crippen LogP contribution in [-0.2, 0) is 23.2 Å². The summed E-state index contributed by atoms with van der Waals surface area (Å²) in [4.78, 5) is 17.7. The molecule has 4 heteroatoms. The summed E-state index contributed by atoms with van der Waals surface area (Å²) >= 11 is 0. The molecule has 1 atom stereocenters. The molecule has 4 rings (SSSR count). The fourth-order valence-electron chi connectivity index (χ4n) is 4.85. The molecular formula is C27H31N3O. The second-order valence-electron chi connectivity index (χ2n) is 8.49. The molecule has 31 heavy (non-hydrogen) atoms. The average molecular weight is 414 g/mol. The van der Waals surface area contributed by atoms with Crippen molar-refractivity contribution in [2.45, 2.75) is 31.7 Å². The second-order valence-corrected chi connectivity index (χ2v) is 8.49. The molecule has 160 valence electrons. The normalized spacial score (nSPS) is 17.7. The number of carbonyl (C=O) groups is 1. The molecule has 3 aromatic rings. The quantitative estimate of drug-likeness (QED) is 0.614. The molecule has 1 aliphatic heterocycles. The Labute approximate surface area is 185 Å². The van der Waals surface area contributed by atoms with Gasteiger partial charge in [-0.3, -0.25) is 4.79 Å². The first-order valence-corrected chi connectivity index (χ1v) is 11.0. The third-order valence-electron chi connectivity index (χ3n) is 6.49. The van der Waals surface area contributed by atoms with Gasteiger partial charge in [-0.25, -0.2) is 0 Å². The standard InChI is InChI=1S/C27H31N3O/c1-3-30-24-15-9-7-13-22(24)19-27(26(28)31,23-14-8-10-16-25(23)30)17-18-29(2)20-21-11-5-4-6-12-21/h4-16H,3,17-20H2,1-2H3,(H2,28,31). The first kappa shape index (κ1) is 21.1. The van der Waals surface area contributed by atoms with Crippen molar-refractivity contribution in [1.29, 1.82) is 0 Å². The molecule has 0 aliphatic carbocycles. The van der Waals surface area contributed by atoms with Crippen LogP contribution in [0.1, 0.15) is 30.0 Å². The monoisotopic (exact) mass is 413 g/mol. The summed E-state index contributed by atoms with van der Waals surface area (Å²) in [5.74, 6) is -0.249. The second kappa shape index (κ2) is 8.94. The number of hydrogen-bond donors (Lipinski definition) is 1. The summed E-state index contributed by atoms with van der Waals surface area (Å²) < 4.78 is 0. The number of primary amides is 1. The number of rotatable bonds is 7. The molecule has 0 fully saturated rings. The van der Waals surface area contributed by atoms with Gasteiger partial charge in [0.05, 0.1) is 5.41 Å². The highest BCUT2D eigenvalue weighted by atomic mass is 16.1. The average Bonchev–Trinajstić information content (AvgIpc) is 2.91. The predicted octanol–water partition coefficient (Wildman–Crippen LogP) is 4.65. The van der Waals surface area contributed by atoms with Crippen LogP contribution in [0.4, 0.5) is 11.4 Å². The van der Waals surface area contributed by atoms with Crippen molar-refractivity contribution >= 4 is 17.3 Å². The highest BCUT2D eigenvalue weighted by molar-refractivity contribution is 5.91. The van der Waals surface area contributed by atoms with Gasteiger partial charge >= 0.3 is 0 Å². The number of nitrogens with zero attached hydrogens (tertiary/aromatic N) is 2. The van der Waals surface area contributed by atoms with Crippen LogP contribution in [0.3, 0.4) is 0 Å². The molecule has 3 aromatic carbocycles. The van der Waals surface area contributed by atoms with Gasteiger partial charge in [-0.15, -0.1) is 0 Å². The van der Waals surface area contributed by atoms with Crippen molar-refractivity contribution in [3.8, 4) is 0 Å². The fourth-order valence-corrected chi connectivity index (χ4v) is 4.85. The minimum absolute atomic E-state index is 0.249. The highest BCUT2D eigenvalue weighted by Gasteiger charge is 2.43. The summed E-state index contributed by atoms with van der Waals surface area (Å²) in [5.41, 5.74) is 11.2. The van der Waals surface area contributed by atoms with Gasteiger partial charge in [-0.05, 0) is 62.2 Å². The predicted molar refractivity (Wildman–Crippen MR) is 128 cm³/mol. The molecule has 1 amide bonds. The number of para-hydroxylation sites is 2. The van der Waals surface area contributed by atoms with E-state index in [4.69, 9.17) is 5.73 Å². The Morgan fingerprint density at radius 1 is 0.968 bits per heavy atom. The lowest BCUT2D eigenvalue weighted by atomic mass is 9.72. The summed E-state index contributed by atoms with van der Waals surface area (Å²) in [6.07, 6.45) is 1.29. The Hall–Kier alpha value is -3.11. The molecule has 0 bridgehead atoms. The lowest BCUT2D eigenvalue weighted by Crippen LogP contribution is -2.45. The van der Waals surface area contributed by atoms with Gasteiger partial charge in [0.15, 0.2) is 0 Å². The number of benzene rings is 3. The fraction of sp³-hybridized carbons (Fsp3) is 0.296. The molecule has 0 aromatic heterocycles. The number of amides is 1. The minimum atomic E-state index is -0.748. The molecule has 0 saturated carbocycles. The van der Waals surface area contributed by atoms with E-state index in [0.29, 0.717) is 12.8 Å². The van der Waals surface area contributed by atoms with E-state index >= 15 is 0 Å². The Morgan fingerprint density at radius 2 is 1.61 bits per heavy atom. The first-order valence-electron chi connectivity index (χ1n) is 11.0. The zero-order valence-electron chi connectivity index (χ0n) is 18.4. The van der Waals surface area contributed by atoms with Crippen LogP contribution in [0.25, 0.3) is 0 Å². The molecule has 1 unspecified atom stereocenters. The maximum Gasteiger partial charge on any atom is 0.228 e. The Morgan fingerprint density at radius 3 is 2.32 bits per heavy atom. The summed E-state index contributed by atoms with van der Waals surface area (Å²) in [6.45, 7) is 4.60. The van der Waals surface area contributed by atoms with Crippen LogP contribution in [0.5, 0.6) is 0 Å². The van der Waals surface area contributed by atoms with Gasteiger partial charge in [-0.1, -0.05) is 66.7 Å². The Kier molecular flexibility index (Phi) is 6.10. The molecule has 0 radical (unpaired) electrons. The number of carbonyl (C=O) groups excluding carboxylic acids is 1. The number of hydrogen-bond acceptors (Lipinski definition) is 3. The van der Waals surface area contributed by atoms with E-state index in [1.807, 2.05) is 18.2 Å². The third kappa shape index (κ3) is 4.08. The minimum Gasteiger partial charge on any atom is -0.369 e. The SMILES string of the molecule is CCN1c2ccccc2CC(CCN(C)Cc2ccccc2)(C(N)=O)c2ccccc21. The van der Waals surface area contributed by atoms with Crippen LogP contribution in [0.2, 0.25) is 0 Å². The third-order valence-corrected chi connectivity index (χ3v) is 6.49. The maximum absolute atomic E-state index is 13.2. The van der Waals surface area contributed by atoms with E-state index in [0.717, 1.165) is 30.9 Å². The van der Waals surface area contributed by atoms with Crippen LogP contribution < -0.4 is 10.6 Å². The topological polar surface area (TPSA) is 49.6 Å². The largest absolute Gasteiger partial charge is 0.369 e. The van der Waals surface area contributed by atoms with Gasteiger partial charge in [-0.2, -0.15) is 0 Å². The number of anilines is 2. The van der Waals surface area contributed by atoms with Crippen molar-refractivity contribution in [2.24, 2.45) is 5.73 Å². The molecule has 1 heterocycles. The van der Waals surface area contributed by atoms with E-state index in [9.17, 15) is 4.79 Å². The van der Waals surface area contributed by atoms with Gasteiger partial charge in [0.2, 0.25) is 5.91 Å².